The summed E-state index contributed by atoms with van der Waals surface area (Å²) in [5, 5.41) is 6.78. The van der Waals surface area contributed by atoms with Crippen molar-refractivity contribution in [2.24, 2.45) is 0 Å². The van der Waals surface area contributed by atoms with Gasteiger partial charge in [0.25, 0.3) is 0 Å². The molecule has 24 heavy (non-hydrogen) atoms. The summed E-state index contributed by atoms with van der Waals surface area (Å²) in [6, 6.07) is 6.76. The zero-order chi connectivity index (χ0) is 17.4. The topological polar surface area (TPSA) is 55.1 Å². The highest BCUT2D eigenvalue weighted by Crippen LogP contribution is 2.19. The molecule has 1 aromatic carbocycles. The molecular weight excluding hydrogens is 347 g/mol. The third-order valence-corrected chi connectivity index (χ3v) is 5.41. The maximum atomic E-state index is 13.4. The van der Waals surface area contributed by atoms with Gasteiger partial charge in [0, 0.05) is 29.4 Å². The van der Waals surface area contributed by atoms with Gasteiger partial charge in [-0.2, -0.15) is 11.8 Å². The van der Waals surface area contributed by atoms with E-state index in [1.807, 2.05) is 19.9 Å². The number of aryl methyl sites for hydroxylation is 2. The molecule has 0 fully saturated rings. The molecule has 2 rings (SSSR count). The van der Waals surface area contributed by atoms with Gasteiger partial charge < -0.3 is 9.84 Å². The summed E-state index contributed by atoms with van der Waals surface area (Å²) in [6.45, 7) is 4.37. The van der Waals surface area contributed by atoms with Crippen LogP contribution in [0.5, 0.6) is 0 Å². The highest BCUT2D eigenvalue weighted by atomic mass is 32.2. The van der Waals surface area contributed by atoms with Crippen LogP contribution in [0.25, 0.3) is 0 Å². The number of aromatic nitrogens is 1. The van der Waals surface area contributed by atoms with Gasteiger partial charge in [0.15, 0.2) is 0 Å². The minimum atomic E-state index is -0.176. The lowest BCUT2D eigenvalue weighted by Gasteiger charge is -2.06. The van der Waals surface area contributed by atoms with E-state index >= 15 is 0 Å². The number of rotatable bonds is 9. The van der Waals surface area contributed by atoms with Crippen molar-refractivity contribution in [2.45, 2.75) is 25.4 Å². The van der Waals surface area contributed by atoms with Crippen LogP contribution in [0.4, 0.5) is 4.39 Å². The van der Waals surface area contributed by atoms with E-state index in [0.717, 1.165) is 28.5 Å². The van der Waals surface area contributed by atoms with Gasteiger partial charge in [-0.3, -0.25) is 4.79 Å². The van der Waals surface area contributed by atoms with Crippen molar-refractivity contribution in [2.75, 3.05) is 18.1 Å². The smallest absolute Gasteiger partial charge is 0.230 e. The Kier molecular flexibility index (Phi) is 7.65. The van der Waals surface area contributed by atoms with Crippen LogP contribution in [0.3, 0.4) is 0 Å². The Morgan fingerprint density at radius 1 is 1.25 bits per heavy atom. The quantitative estimate of drug-likeness (QED) is 0.684. The van der Waals surface area contributed by atoms with E-state index < -0.39 is 0 Å². The van der Waals surface area contributed by atoms with Crippen LogP contribution in [0.15, 0.2) is 28.8 Å². The second-order valence-electron chi connectivity index (χ2n) is 5.29. The number of thioether (sulfide) groups is 2. The number of nitrogens with one attached hydrogen (secondary N) is 1. The summed E-state index contributed by atoms with van der Waals surface area (Å²) < 4.78 is 18.5. The number of carbonyl (C=O) groups excluding carboxylic acids is 1. The van der Waals surface area contributed by atoms with Gasteiger partial charge in [0.2, 0.25) is 5.91 Å². The molecule has 1 N–H and O–H groups in total. The number of carbonyl (C=O) groups is 1. The number of nitrogens with zero attached hydrogens (tertiary/aromatic N) is 1. The fourth-order valence-corrected chi connectivity index (χ4v) is 3.92. The van der Waals surface area contributed by atoms with Crippen molar-refractivity contribution in [1.29, 1.82) is 0 Å². The molecular formula is C17H21FN2O2S2. The molecule has 0 radical (unpaired) electrons. The van der Waals surface area contributed by atoms with Gasteiger partial charge in [-0.25, -0.2) is 4.39 Å². The maximum Gasteiger partial charge on any atom is 0.230 e. The number of benzene rings is 1. The molecule has 0 aliphatic heterocycles. The van der Waals surface area contributed by atoms with E-state index in [1.54, 1.807) is 35.7 Å². The van der Waals surface area contributed by atoms with Crippen LogP contribution >= 0.6 is 23.5 Å². The molecule has 0 atom stereocenters. The fraction of sp³-hybridized carbons (Fsp3) is 0.412. The number of hydrogen-bond acceptors (Lipinski definition) is 5. The lowest BCUT2D eigenvalue weighted by atomic mass is 10.2. The number of halogens is 1. The van der Waals surface area contributed by atoms with E-state index in [-0.39, 0.29) is 11.7 Å². The van der Waals surface area contributed by atoms with Gasteiger partial charge >= 0.3 is 0 Å². The van der Waals surface area contributed by atoms with Crippen molar-refractivity contribution in [3.8, 4) is 0 Å². The molecule has 0 aliphatic carbocycles. The summed E-state index contributed by atoms with van der Waals surface area (Å²) in [5.41, 5.74) is 2.64. The highest BCUT2D eigenvalue weighted by Gasteiger charge is 2.10. The molecule has 2 aromatic rings. The van der Waals surface area contributed by atoms with Crippen molar-refractivity contribution in [3.05, 3.63) is 52.7 Å². The molecule has 1 heterocycles. The average molecular weight is 368 g/mol. The Labute approximate surface area is 149 Å². The summed E-state index contributed by atoms with van der Waals surface area (Å²) in [7, 11) is 0. The second-order valence-corrected chi connectivity index (χ2v) is 7.38. The fourth-order valence-electron chi connectivity index (χ4n) is 2.06. The molecule has 1 amide bonds. The van der Waals surface area contributed by atoms with Gasteiger partial charge in [-0.1, -0.05) is 23.4 Å². The Morgan fingerprint density at radius 3 is 2.75 bits per heavy atom. The Bertz CT molecular complexity index is 657. The van der Waals surface area contributed by atoms with E-state index in [2.05, 4.69) is 10.5 Å². The second kappa shape index (κ2) is 9.74. The van der Waals surface area contributed by atoms with E-state index in [4.69, 9.17) is 4.52 Å². The predicted molar refractivity (Wildman–Crippen MR) is 97.7 cm³/mol. The maximum absolute atomic E-state index is 13.4. The van der Waals surface area contributed by atoms with Gasteiger partial charge in [0.05, 0.1) is 11.4 Å². The Morgan fingerprint density at radius 2 is 2.04 bits per heavy atom. The molecule has 0 saturated carbocycles. The van der Waals surface area contributed by atoms with E-state index in [0.29, 0.717) is 23.6 Å². The molecule has 1 aromatic heterocycles. The molecule has 0 saturated heterocycles. The van der Waals surface area contributed by atoms with Crippen molar-refractivity contribution in [1.82, 2.24) is 10.5 Å². The Balaban J connectivity index is 1.56. The zero-order valence-electron chi connectivity index (χ0n) is 13.8. The normalized spacial score (nSPS) is 10.8. The lowest BCUT2D eigenvalue weighted by Crippen LogP contribution is -2.27. The minimum Gasteiger partial charge on any atom is -0.361 e. The molecule has 4 nitrogen and oxygen atoms in total. The van der Waals surface area contributed by atoms with Gasteiger partial charge in [-0.05, 0) is 25.5 Å². The highest BCUT2D eigenvalue weighted by molar-refractivity contribution is 7.99. The average Bonchev–Trinajstić information content (AvgIpc) is 2.88. The monoisotopic (exact) mass is 368 g/mol. The standard InChI is InChI=1S/C17H21FN2O2S2/c1-12-15(13(2)22-20-12)10-24-11-17(21)19-7-8-23-9-14-5-3-4-6-16(14)18/h3-6H,7-11H2,1-2H3,(H,19,21). The van der Waals surface area contributed by atoms with Crippen LogP contribution in [-0.4, -0.2) is 29.1 Å². The van der Waals surface area contributed by atoms with Crippen molar-refractivity contribution >= 4 is 29.4 Å². The summed E-state index contributed by atoms with van der Waals surface area (Å²) >= 11 is 3.15. The van der Waals surface area contributed by atoms with Gasteiger partial charge in [0.1, 0.15) is 11.6 Å². The van der Waals surface area contributed by atoms with Crippen LogP contribution in [0, 0.1) is 19.7 Å². The third kappa shape index (κ3) is 5.87. The first-order valence-corrected chi connectivity index (χ1v) is 9.96. The summed E-state index contributed by atoms with van der Waals surface area (Å²) in [4.78, 5) is 11.8. The van der Waals surface area contributed by atoms with Crippen molar-refractivity contribution < 1.29 is 13.7 Å². The predicted octanol–water partition coefficient (Wildman–Crippen LogP) is 3.71. The molecule has 0 unspecified atom stereocenters. The largest absolute Gasteiger partial charge is 0.361 e. The third-order valence-electron chi connectivity index (χ3n) is 3.44. The van der Waals surface area contributed by atoms with Gasteiger partial charge in [-0.15, -0.1) is 11.8 Å². The lowest BCUT2D eigenvalue weighted by molar-refractivity contribution is -0.118. The van der Waals surface area contributed by atoms with Crippen LogP contribution in [-0.2, 0) is 16.3 Å². The number of hydrogen-bond donors (Lipinski definition) is 1. The van der Waals surface area contributed by atoms with Crippen molar-refractivity contribution in [3.63, 3.8) is 0 Å². The first-order chi connectivity index (χ1) is 11.6. The molecule has 0 bridgehead atoms. The first-order valence-electron chi connectivity index (χ1n) is 7.65. The minimum absolute atomic E-state index is 0.0123. The van der Waals surface area contributed by atoms with E-state index in [9.17, 15) is 9.18 Å². The molecule has 7 heteroatoms. The Hall–Kier alpha value is -1.47. The summed E-state index contributed by atoms with van der Waals surface area (Å²) in [6.07, 6.45) is 0. The summed E-state index contributed by atoms with van der Waals surface area (Å²) in [5.74, 6) is 3.14. The molecule has 130 valence electrons. The molecule has 0 spiro atoms. The molecule has 0 aliphatic rings. The SMILES string of the molecule is Cc1noc(C)c1CSCC(=O)NCCSCc1ccccc1F. The van der Waals surface area contributed by atoms with Crippen LogP contribution < -0.4 is 5.32 Å². The van der Waals surface area contributed by atoms with Crippen LogP contribution in [0.2, 0.25) is 0 Å². The first kappa shape index (κ1) is 18.9. The zero-order valence-corrected chi connectivity index (χ0v) is 15.4. The van der Waals surface area contributed by atoms with Crippen LogP contribution in [0.1, 0.15) is 22.6 Å². The number of amides is 1. The van der Waals surface area contributed by atoms with E-state index in [1.165, 1.54) is 6.07 Å².